The molecule has 0 aliphatic rings. The second-order valence-corrected chi connectivity index (χ2v) is 9.41. The van der Waals surface area contributed by atoms with Crippen LogP contribution in [-0.4, -0.2) is 11.9 Å². The first-order valence-corrected chi connectivity index (χ1v) is 12.9. The highest BCUT2D eigenvalue weighted by Gasteiger charge is 2.38. The average molecular weight is 545 g/mol. The van der Waals surface area contributed by atoms with E-state index in [2.05, 4.69) is 0 Å². The number of carbonyl (C=O) groups excluding carboxylic acids is 2. The number of rotatable bonds is 10. The molecule has 38 heavy (non-hydrogen) atoms. The molecule has 0 heterocycles. The summed E-state index contributed by atoms with van der Waals surface area (Å²) < 4.78 is 11.3. The molecule has 0 amide bonds. The molecule has 4 aromatic rings. The molecule has 0 N–H and O–H groups in total. The molecule has 4 aromatic carbocycles. The topological polar surface area (TPSA) is 52.6 Å². The molecule has 0 saturated heterocycles. The van der Waals surface area contributed by atoms with Crippen molar-refractivity contribution in [2.45, 2.75) is 19.1 Å². The van der Waals surface area contributed by atoms with Crippen molar-refractivity contribution in [1.29, 1.82) is 0 Å². The molecule has 4 nitrogen and oxygen atoms in total. The van der Waals surface area contributed by atoms with Gasteiger partial charge in [0.2, 0.25) is 0 Å². The van der Waals surface area contributed by atoms with E-state index in [0.717, 1.165) is 16.7 Å². The summed E-state index contributed by atoms with van der Waals surface area (Å²) in [7, 11) is 0. The second-order valence-electron chi connectivity index (χ2n) is 8.59. The molecule has 0 aromatic heterocycles. The lowest BCUT2D eigenvalue weighted by Crippen LogP contribution is -2.33. The van der Waals surface area contributed by atoms with E-state index < -0.39 is 23.8 Å². The average Bonchev–Trinajstić information content (AvgIpc) is 2.95. The third kappa shape index (κ3) is 7.34. The summed E-state index contributed by atoms with van der Waals surface area (Å²) in [5.41, 5.74) is 2.94. The molecule has 0 spiro atoms. The number of benzene rings is 4. The van der Waals surface area contributed by atoms with Crippen LogP contribution in [0.15, 0.2) is 115 Å². The quantitative estimate of drug-likeness (QED) is 0.150. The van der Waals surface area contributed by atoms with Gasteiger partial charge in [-0.15, -0.1) is 0 Å². The third-order valence-corrected chi connectivity index (χ3v) is 6.66. The largest absolute Gasteiger partial charge is 0.460 e. The number of ether oxygens (including phenoxy) is 2. The van der Waals surface area contributed by atoms with Crippen LogP contribution in [0.3, 0.4) is 0 Å². The Morgan fingerprint density at radius 2 is 1.11 bits per heavy atom. The van der Waals surface area contributed by atoms with Gasteiger partial charge in [0.05, 0.1) is 0 Å². The van der Waals surface area contributed by atoms with E-state index >= 15 is 0 Å². The van der Waals surface area contributed by atoms with Crippen LogP contribution in [0, 0.1) is 5.92 Å². The van der Waals surface area contributed by atoms with E-state index in [9.17, 15) is 9.59 Å². The minimum atomic E-state index is -1.30. The highest BCUT2D eigenvalue weighted by atomic mass is 35.5. The Balaban J connectivity index is 1.69. The Kier molecular flexibility index (Phi) is 9.74. The summed E-state index contributed by atoms with van der Waals surface area (Å²) in [6.45, 7) is 0.0389. The molecular formula is C32H26Cl2O4. The minimum Gasteiger partial charge on any atom is -0.460 e. The van der Waals surface area contributed by atoms with Crippen molar-refractivity contribution < 1.29 is 19.1 Å². The first-order valence-electron chi connectivity index (χ1n) is 12.1. The fraction of sp³-hybridized carbons (Fsp3) is 0.125. The van der Waals surface area contributed by atoms with Gasteiger partial charge < -0.3 is 9.47 Å². The zero-order valence-electron chi connectivity index (χ0n) is 20.5. The highest BCUT2D eigenvalue weighted by Crippen LogP contribution is 2.35. The maximum Gasteiger partial charge on any atom is 0.321 e. The minimum absolute atomic E-state index is 0.0195. The summed E-state index contributed by atoms with van der Waals surface area (Å²) in [6, 6.07) is 33.0. The summed E-state index contributed by atoms with van der Waals surface area (Å²) in [4.78, 5) is 27.1. The van der Waals surface area contributed by atoms with Crippen molar-refractivity contribution in [2.75, 3.05) is 0 Å². The smallest absolute Gasteiger partial charge is 0.321 e. The number of hydrogen-bond acceptors (Lipinski definition) is 4. The Hall–Kier alpha value is -3.86. The Labute approximate surface area is 232 Å². The van der Waals surface area contributed by atoms with Crippen molar-refractivity contribution in [3.63, 3.8) is 0 Å². The highest BCUT2D eigenvalue weighted by molar-refractivity contribution is 6.32. The van der Waals surface area contributed by atoms with Gasteiger partial charge in [-0.3, -0.25) is 9.59 Å². The van der Waals surface area contributed by atoms with Crippen LogP contribution in [0.1, 0.15) is 28.2 Å². The van der Waals surface area contributed by atoms with Crippen molar-refractivity contribution in [3.8, 4) is 0 Å². The van der Waals surface area contributed by atoms with E-state index in [1.54, 1.807) is 42.5 Å². The zero-order chi connectivity index (χ0) is 26.7. The molecule has 6 heteroatoms. The van der Waals surface area contributed by atoms with E-state index in [-0.39, 0.29) is 13.2 Å². The van der Waals surface area contributed by atoms with Gasteiger partial charge in [0.1, 0.15) is 13.2 Å². The monoisotopic (exact) mass is 544 g/mol. The molecule has 0 aliphatic heterocycles. The van der Waals surface area contributed by atoms with Gasteiger partial charge in [-0.05, 0) is 34.4 Å². The predicted molar refractivity (Wildman–Crippen MR) is 151 cm³/mol. The molecule has 0 aliphatic carbocycles. The molecule has 0 saturated carbocycles. The fourth-order valence-electron chi connectivity index (χ4n) is 3.98. The molecule has 4 rings (SSSR count). The predicted octanol–water partition coefficient (Wildman–Crippen LogP) is 7.89. The van der Waals surface area contributed by atoms with Crippen molar-refractivity contribution in [1.82, 2.24) is 0 Å². The first-order chi connectivity index (χ1) is 18.5. The molecule has 1 unspecified atom stereocenters. The van der Waals surface area contributed by atoms with Crippen molar-refractivity contribution >= 4 is 41.2 Å². The van der Waals surface area contributed by atoms with Gasteiger partial charge in [-0.2, -0.15) is 0 Å². The maximum atomic E-state index is 13.5. The summed E-state index contributed by atoms with van der Waals surface area (Å²) in [6.07, 6.45) is 3.53. The molecule has 0 fully saturated rings. The van der Waals surface area contributed by atoms with Crippen molar-refractivity contribution in [2.24, 2.45) is 5.92 Å². The van der Waals surface area contributed by atoms with E-state index in [1.807, 2.05) is 78.9 Å². The van der Waals surface area contributed by atoms with Crippen LogP contribution >= 0.6 is 23.2 Å². The Morgan fingerprint density at radius 3 is 1.63 bits per heavy atom. The molecular weight excluding hydrogens is 519 g/mol. The van der Waals surface area contributed by atoms with E-state index in [0.29, 0.717) is 15.6 Å². The van der Waals surface area contributed by atoms with Crippen LogP contribution in [0.2, 0.25) is 10.0 Å². The van der Waals surface area contributed by atoms with Gasteiger partial charge in [0.15, 0.2) is 5.92 Å². The molecule has 192 valence electrons. The van der Waals surface area contributed by atoms with Gasteiger partial charge in [0, 0.05) is 16.0 Å². The Bertz CT molecular complexity index is 1330. The van der Waals surface area contributed by atoms with Gasteiger partial charge in [-0.1, -0.05) is 132 Å². The van der Waals surface area contributed by atoms with Crippen LogP contribution < -0.4 is 0 Å². The van der Waals surface area contributed by atoms with Crippen LogP contribution in [0.5, 0.6) is 0 Å². The fourth-order valence-corrected chi connectivity index (χ4v) is 4.44. The van der Waals surface area contributed by atoms with Gasteiger partial charge >= 0.3 is 11.9 Å². The van der Waals surface area contributed by atoms with E-state index in [4.69, 9.17) is 32.7 Å². The zero-order valence-corrected chi connectivity index (χ0v) is 22.0. The Morgan fingerprint density at radius 1 is 0.632 bits per heavy atom. The second kappa shape index (κ2) is 13.6. The lowest BCUT2D eigenvalue weighted by molar-refractivity contribution is -0.164. The third-order valence-electron chi connectivity index (χ3n) is 5.97. The number of hydrogen-bond donors (Lipinski definition) is 0. The number of esters is 2. The van der Waals surface area contributed by atoms with Crippen LogP contribution in [0.4, 0.5) is 0 Å². The SMILES string of the molecule is O=C(OCc1ccccc1)C(C(=O)OCc1ccccc1)C(/C=C/c1ccccc1Cl)c1ccccc1Cl. The first kappa shape index (κ1) is 27.2. The normalized spacial score (nSPS) is 11.9. The number of allylic oxidation sites excluding steroid dienone is 1. The summed E-state index contributed by atoms with van der Waals surface area (Å²) in [5, 5.41) is 0.953. The number of carbonyl (C=O) groups is 2. The van der Waals surface area contributed by atoms with E-state index in [1.165, 1.54) is 0 Å². The lowest BCUT2D eigenvalue weighted by Gasteiger charge is -2.23. The lowest BCUT2D eigenvalue weighted by atomic mass is 9.85. The number of halogens is 2. The van der Waals surface area contributed by atoms with Crippen LogP contribution in [0.25, 0.3) is 6.08 Å². The van der Waals surface area contributed by atoms with Gasteiger partial charge in [-0.25, -0.2) is 0 Å². The molecule has 0 radical (unpaired) electrons. The summed E-state index contributed by atoms with van der Waals surface area (Å²) >= 11 is 12.9. The standard InChI is InChI=1S/C32H26Cl2O4/c33-28-17-9-7-15-25(28)19-20-27(26-16-8-10-18-29(26)34)30(31(35)37-21-23-11-3-1-4-12-23)32(36)38-22-24-13-5-2-6-14-24/h1-20,27,30H,21-22H2/b20-19+. The summed E-state index contributed by atoms with van der Waals surface area (Å²) in [5.74, 6) is -3.49. The maximum absolute atomic E-state index is 13.5. The molecule has 1 atom stereocenters. The van der Waals surface area contributed by atoms with Crippen LogP contribution in [-0.2, 0) is 32.3 Å². The van der Waals surface area contributed by atoms with Gasteiger partial charge in [0.25, 0.3) is 0 Å². The molecule has 0 bridgehead atoms. The van der Waals surface area contributed by atoms with Crippen molar-refractivity contribution in [3.05, 3.63) is 148 Å².